The first-order valence-electron chi connectivity index (χ1n) is 5.45. The van der Waals surface area contributed by atoms with E-state index in [0.29, 0.717) is 5.92 Å². The van der Waals surface area contributed by atoms with Gasteiger partial charge >= 0.3 is 0 Å². The van der Waals surface area contributed by atoms with Crippen LogP contribution >= 0.6 is 27.5 Å². The van der Waals surface area contributed by atoms with Gasteiger partial charge in [0.2, 0.25) is 0 Å². The smallest absolute Gasteiger partial charge is 0.0471 e. The van der Waals surface area contributed by atoms with Crippen LogP contribution in [0.2, 0.25) is 5.02 Å². The van der Waals surface area contributed by atoms with Crippen LogP contribution in [0.3, 0.4) is 0 Å². The van der Waals surface area contributed by atoms with Gasteiger partial charge in [-0.2, -0.15) is 0 Å². The van der Waals surface area contributed by atoms with E-state index in [-0.39, 0.29) is 6.04 Å². The molecule has 90 valence electrons. The molecule has 4 heteroatoms. The van der Waals surface area contributed by atoms with Crippen molar-refractivity contribution in [2.75, 3.05) is 0 Å². The van der Waals surface area contributed by atoms with Crippen LogP contribution in [0.15, 0.2) is 22.7 Å². The monoisotopic (exact) mass is 304 g/mol. The molecule has 1 rings (SSSR count). The minimum absolute atomic E-state index is 0.175. The van der Waals surface area contributed by atoms with Crippen LogP contribution in [-0.2, 0) is 0 Å². The fourth-order valence-corrected chi connectivity index (χ4v) is 2.57. The lowest BCUT2D eigenvalue weighted by Gasteiger charge is -2.19. The van der Waals surface area contributed by atoms with Crippen LogP contribution < -0.4 is 11.3 Å². The van der Waals surface area contributed by atoms with Crippen molar-refractivity contribution in [1.82, 2.24) is 5.43 Å². The fourth-order valence-electron chi connectivity index (χ4n) is 1.61. The summed E-state index contributed by atoms with van der Waals surface area (Å²) in [6.07, 6.45) is 2.17. The Morgan fingerprint density at radius 2 is 2.06 bits per heavy atom. The van der Waals surface area contributed by atoms with Gasteiger partial charge in [0.25, 0.3) is 0 Å². The maximum Gasteiger partial charge on any atom is 0.0471 e. The van der Waals surface area contributed by atoms with Crippen molar-refractivity contribution in [2.24, 2.45) is 11.8 Å². The first-order valence-corrected chi connectivity index (χ1v) is 6.62. The van der Waals surface area contributed by atoms with E-state index in [1.54, 1.807) is 0 Å². The van der Waals surface area contributed by atoms with E-state index in [1.165, 1.54) is 0 Å². The van der Waals surface area contributed by atoms with Gasteiger partial charge in [-0.05, 0) is 36.5 Å². The number of hydrogen-bond donors (Lipinski definition) is 2. The number of rotatable bonds is 5. The molecule has 0 aliphatic heterocycles. The van der Waals surface area contributed by atoms with Crippen LogP contribution in [0.4, 0.5) is 0 Å². The second-order valence-electron chi connectivity index (χ2n) is 4.36. The van der Waals surface area contributed by atoms with Crippen molar-refractivity contribution in [3.8, 4) is 0 Å². The highest BCUT2D eigenvalue weighted by Gasteiger charge is 2.13. The zero-order valence-corrected chi connectivity index (χ0v) is 12.0. The van der Waals surface area contributed by atoms with Crippen LogP contribution in [-0.4, -0.2) is 0 Å². The number of nitrogens with one attached hydrogen (secondary N) is 1. The highest BCUT2D eigenvalue weighted by atomic mass is 79.9. The van der Waals surface area contributed by atoms with Crippen molar-refractivity contribution in [1.29, 1.82) is 0 Å². The molecule has 2 nitrogen and oxygen atoms in total. The molecule has 0 heterocycles. The second-order valence-corrected chi connectivity index (χ2v) is 5.65. The third kappa shape index (κ3) is 4.06. The topological polar surface area (TPSA) is 38.0 Å². The Bertz CT molecular complexity index is 342. The van der Waals surface area contributed by atoms with Crippen molar-refractivity contribution < 1.29 is 0 Å². The minimum Gasteiger partial charge on any atom is -0.271 e. The number of benzene rings is 1. The number of nitrogens with two attached hydrogens (primary N) is 1. The van der Waals surface area contributed by atoms with E-state index in [0.717, 1.165) is 27.9 Å². The lowest BCUT2D eigenvalue weighted by molar-refractivity contribution is 0.447. The van der Waals surface area contributed by atoms with Gasteiger partial charge in [0.15, 0.2) is 0 Å². The Kier molecular flexibility index (Phi) is 5.76. The van der Waals surface area contributed by atoms with Crippen molar-refractivity contribution >= 4 is 27.5 Å². The van der Waals surface area contributed by atoms with Crippen molar-refractivity contribution in [3.63, 3.8) is 0 Å². The van der Waals surface area contributed by atoms with Gasteiger partial charge in [0.05, 0.1) is 0 Å². The number of halogens is 2. The van der Waals surface area contributed by atoms with E-state index in [9.17, 15) is 0 Å². The third-order valence-corrected chi connectivity index (χ3v) is 3.49. The van der Waals surface area contributed by atoms with Crippen LogP contribution in [0, 0.1) is 5.92 Å². The predicted molar refractivity (Wildman–Crippen MR) is 73.3 cm³/mol. The molecule has 0 radical (unpaired) electrons. The van der Waals surface area contributed by atoms with E-state index in [4.69, 9.17) is 17.4 Å². The van der Waals surface area contributed by atoms with Crippen LogP contribution in [0.25, 0.3) is 0 Å². The van der Waals surface area contributed by atoms with Gasteiger partial charge in [-0.3, -0.25) is 11.3 Å². The summed E-state index contributed by atoms with van der Waals surface area (Å²) in [6.45, 7) is 4.43. The summed E-state index contributed by atoms with van der Waals surface area (Å²) in [6, 6.07) is 5.98. The zero-order chi connectivity index (χ0) is 12.1. The summed E-state index contributed by atoms with van der Waals surface area (Å²) in [5, 5.41) is 0.732. The SMILES string of the molecule is CC(C)CCC(NN)c1ccc(Cl)cc1Br. The Hall–Kier alpha value is -0.0900. The first kappa shape index (κ1) is 14.0. The van der Waals surface area contributed by atoms with E-state index in [1.807, 2.05) is 18.2 Å². The molecule has 16 heavy (non-hydrogen) atoms. The highest BCUT2D eigenvalue weighted by Crippen LogP contribution is 2.29. The molecule has 0 saturated carbocycles. The molecule has 1 aromatic carbocycles. The molecular formula is C12H18BrClN2. The molecule has 0 aliphatic carbocycles. The van der Waals surface area contributed by atoms with E-state index < -0.39 is 0 Å². The average molecular weight is 306 g/mol. The van der Waals surface area contributed by atoms with Crippen LogP contribution in [0.5, 0.6) is 0 Å². The molecule has 0 bridgehead atoms. The van der Waals surface area contributed by atoms with Crippen LogP contribution in [0.1, 0.15) is 38.3 Å². The molecule has 0 spiro atoms. The molecule has 0 amide bonds. The van der Waals surface area contributed by atoms with E-state index >= 15 is 0 Å². The Morgan fingerprint density at radius 1 is 1.38 bits per heavy atom. The van der Waals surface area contributed by atoms with Crippen molar-refractivity contribution in [3.05, 3.63) is 33.3 Å². The molecule has 1 atom stereocenters. The maximum absolute atomic E-state index is 5.91. The van der Waals surface area contributed by atoms with Gasteiger partial charge in [-0.15, -0.1) is 0 Å². The fraction of sp³-hybridized carbons (Fsp3) is 0.500. The normalized spacial score (nSPS) is 13.1. The van der Waals surface area contributed by atoms with Gasteiger partial charge in [0, 0.05) is 15.5 Å². The standard InChI is InChI=1S/C12H18BrClN2/c1-8(2)3-6-12(16-15)10-5-4-9(14)7-11(10)13/h4-5,7-8,12,16H,3,6,15H2,1-2H3. The van der Waals surface area contributed by atoms with Crippen molar-refractivity contribution in [2.45, 2.75) is 32.7 Å². The Balaban J connectivity index is 2.78. The molecule has 0 aliphatic rings. The summed E-state index contributed by atoms with van der Waals surface area (Å²) in [5.41, 5.74) is 4.02. The lowest BCUT2D eigenvalue weighted by Crippen LogP contribution is -2.28. The minimum atomic E-state index is 0.175. The molecule has 3 N–H and O–H groups in total. The quantitative estimate of drug-likeness (QED) is 0.636. The lowest BCUT2D eigenvalue weighted by atomic mass is 9.98. The van der Waals surface area contributed by atoms with Gasteiger partial charge < -0.3 is 0 Å². The van der Waals surface area contributed by atoms with Gasteiger partial charge in [-0.1, -0.05) is 47.4 Å². The molecule has 0 saturated heterocycles. The summed E-state index contributed by atoms with van der Waals surface area (Å²) in [4.78, 5) is 0. The second kappa shape index (κ2) is 6.60. The average Bonchev–Trinajstić information content (AvgIpc) is 2.21. The summed E-state index contributed by atoms with van der Waals surface area (Å²) in [7, 11) is 0. The third-order valence-electron chi connectivity index (χ3n) is 2.57. The summed E-state index contributed by atoms with van der Waals surface area (Å²) >= 11 is 9.43. The van der Waals surface area contributed by atoms with Gasteiger partial charge in [-0.25, -0.2) is 0 Å². The molecular weight excluding hydrogens is 288 g/mol. The van der Waals surface area contributed by atoms with E-state index in [2.05, 4.69) is 35.2 Å². The maximum atomic E-state index is 5.91. The van der Waals surface area contributed by atoms with Gasteiger partial charge in [0.1, 0.15) is 0 Å². The Labute approximate surface area is 111 Å². The number of hydrogen-bond acceptors (Lipinski definition) is 2. The number of hydrazine groups is 1. The largest absolute Gasteiger partial charge is 0.271 e. The predicted octanol–water partition coefficient (Wildman–Crippen LogP) is 4.04. The molecule has 1 unspecified atom stereocenters. The highest BCUT2D eigenvalue weighted by molar-refractivity contribution is 9.10. The first-order chi connectivity index (χ1) is 7.54. The molecule has 0 fully saturated rings. The molecule has 0 aromatic heterocycles. The summed E-state index contributed by atoms with van der Waals surface area (Å²) < 4.78 is 1.01. The molecule has 1 aromatic rings. The Morgan fingerprint density at radius 3 is 2.56 bits per heavy atom. The summed E-state index contributed by atoms with van der Waals surface area (Å²) in [5.74, 6) is 6.28. The zero-order valence-electron chi connectivity index (χ0n) is 9.63.